The lowest BCUT2D eigenvalue weighted by molar-refractivity contribution is -0.120. The molecule has 0 aromatic heterocycles. The van der Waals surface area contributed by atoms with Crippen molar-refractivity contribution in [2.24, 2.45) is 5.10 Å². The summed E-state index contributed by atoms with van der Waals surface area (Å²) in [7, 11) is 0. The van der Waals surface area contributed by atoms with E-state index in [-0.39, 0.29) is 12.3 Å². The van der Waals surface area contributed by atoms with E-state index in [0.29, 0.717) is 33.0 Å². The summed E-state index contributed by atoms with van der Waals surface area (Å²) in [6, 6.07) is 8.88. The molecule has 0 spiro atoms. The highest BCUT2D eigenvalue weighted by Crippen LogP contribution is 2.33. The van der Waals surface area contributed by atoms with Crippen LogP contribution < -0.4 is 10.2 Å². The molecule has 1 N–H and O–H groups in total. The summed E-state index contributed by atoms with van der Waals surface area (Å²) in [4.78, 5) is 13.2. The molecule has 2 aromatic carbocycles. The van der Waals surface area contributed by atoms with Gasteiger partial charge in [-0.05, 0) is 54.1 Å². The van der Waals surface area contributed by atoms with E-state index in [1.807, 2.05) is 19.1 Å². The number of rotatable bonds is 8. The van der Waals surface area contributed by atoms with Gasteiger partial charge in [0, 0.05) is 9.92 Å². The zero-order valence-electron chi connectivity index (χ0n) is 14.9. The van der Waals surface area contributed by atoms with Crippen molar-refractivity contribution < 1.29 is 9.53 Å². The van der Waals surface area contributed by atoms with E-state index < -0.39 is 0 Å². The molecule has 0 bridgehead atoms. The number of thioether (sulfide) groups is 1. The number of amides is 1. The number of ether oxygens (including phenoxy) is 1. The molecule has 0 fully saturated rings. The number of benzene rings is 2. The average molecular weight is 446 g/mol. The van der Waals surface area contributed by atoms with E-state index in [1.165, 1.54) is 6.21 Å². The number of hydrogen-bond acceptors (Lipinski definition) is 4. The minimum atomic E-state index is -0.241. The van der Waals surface area contributed by atoms with Crippen molar-refractivity contribution in [3.63, 3.8) is 0 Å². The van der Waals surface area contributed by atoms with E-state index in [2.05, 4.69) is 17.5 Å². The third-order valence-corrected chi connectivity index (χ3v) is 5.18. The van der Waals surface area contributed by atoms with Crippen LogP contribution >= 0.6 is 46.6 Å². The summed E-state index contributed by atoms with van der Waals surface area (Å²) in [6.45, 7) is 4.37. The standard InChI is InChI=1S/C19H19Cl3N2O2S/c1-3-26-19-15(21)7-12(8-16(19)22)11-23-24-18(25)10-13-9-14(20)5-6-17(13)27-4-2/h5-9,11H,3-4,10H2,1-2H3,(H,24,25)/b23-11-. The van der Waals surface area contributed by atoms with Crippen LogP contribution in [0.25, 0.3) is 0 Å². The van der Waals surface area contributed by atoms with Gasteiger partial charge in [0.05, 0.1) is 29.3 Å². The zero-order chi connectivity index (χ0) is 19.8. The van der Waals surface area contributed by atoms with Crippen LogP contribution in [-0.2, 0) is 11.2 Å². The third-order valence-electron chi connectivity index (χ3n) is 3.39. The predicted molar refractivity (Wildman–Crippen MR) is 115 cm³/mol. The Balaban J connectivity index is 2.03. The fourth-order valence-corrected chi connectivity index (χ4v) is 3.91. The van der Waals surface area contributed by atoms with E-state index in [9.17, 15) is 4.79 Å². The van der Waals surface area contributed by atoms with Gasteiger partial charge in [0.2, 0.25) is 5.91 Å². The van der Waals surface area contributed by atoms with Crippen LogP contribution in [0.4, 0.5) is 0 Å². The first kappa shape index (κ1) is 21.9. The Morgan fingerprint density at radius 1 is 1.19 bits per heavy atom. The molecule has 4 nitrogen and oxygen atoms in total. The van der Waals surface area contributed by atoms with Gasteiger partial charge in [-0.1, -0.05) is 41.7 Å². The quantitative estimate of drug-likeness (QED) is 0.315. The molecule has 2 rings (SSSR count). The van der Waals surface area contributed by atoms with Gasteiger partial charge in [0.25, 0.3) is 0 Å². The molecular weight excluding hydrogens is 427 g/mol. The summed E-state index contributed by atoms with van der Waals surface area (Å²) >= 11 is 20.0. The van der Waals surface area contributed by atoms with Crippen LogP contribution in [0.2, 0.25) is 15.1 Å². The number of carbonyl (C=O) groups excluding carboxylic acids is 1. The molecule has 0 aliphatic carbocycles. The topological polar surface area (TPSA) is 50.7 Å². The van der Waals surface area contributed by atoms with Crippen LogP contribution in [0.15, 0.2) is 40.3 Å². The molecule has 27 heavy (non-hydrogen) atoms. The molecule has 2 aromatic rings. The van der Waals surface area contributed by atoms with Crippen LogP contribution in [0, 0.1) is 0 Å². The molecule has 8 heteroatoms. The molecule has 0 unspecified atom stereocenters. The number of hydrazone groups is 1. The Hall–Kier alpha value is -1.40. The minimum Gasteiger partial charge on any atom is -0.491 e. The van der Waals surface area contributed by atoms with E-state index in [0.717, 1.165) is 16.2 Å². The molecule has 0 heterocycles. The normalized spacial score (nSPS) is 11.0. The van der Waals surface area contributed by atoms with Crippen LogP contribution in [0.1, 0.15) is 25.0 Å². The van der Waals surface area contributed by atoms with Crippen molar-refractivity contribution in [1.82, 2.24) is 5.43 Å². The van der Waals surface area contributed by atoms with Crippen molar-refractivity contribution in [2.45, 2.75) is 25.2 Å². The van der Waals surface area contributed by atoms with Crippen molar-refractivity contribution in [2.75, 3.05) is 12.4 Å². The third kappa shape index (κ3) is 6.61. The smallest absolute Gasteiger partial charge is 0.244 e. The van der Waals surface area contributed by atoms with E-state index in [4.69, 9.17) is 39.5 Å². The van der Waals surface area contributed by atoms with Gasteiger partial charge < -0.3 is 4.74 Å². The van der Waals surface area contributed by atoms with Crippen LogP contribution in [0.5, 0.6) is 5.75 Å². The molecule has 0 aliphatic heterocycles. The van der Waals surface area contributed by atoms with Gasteiger partial charge in [-0.25, -0.2) is 5.43 Å². The molecule has 0 saturated carbocycles. The maximum absolute atomic E-state index is 12.2. The van der Waals surface area contributed by atoms with Crippen molar-refractivity contribution in [1.29, 1.82) is 0 Å². The van der Waals surface area contributed by atoms with Crippen molar-refractivity contribution in [3.05, 3.63) is 56.5 Å². The largest absolute Gasteiger partial charge is 0.491 e. The molecule has 0 saturated heterocycles. The average Bonchev–Trinajstić information content (AvgIpc) is 2.60. The Morgan fingerprint density at radius 2 is 1.89 bits per heavy atom. The minimum absolute atomic E-state index is 0.186. The number of carbonyl (C=O) groups is 1. The molecular formula is C19H19Cl3N2O2S. The Morgan fingerprint density at radius 3 is 2.52 bits per heavy atom. The molecule has 144 valence electrons. The first-order valence-electron chi connectivity index (χ1n) is 8.29. The predicted octanol–water partition coefficient (Wildman–Crippen LogP) is 5.85. The summed E-state index contributed by atoms with van der Waals surface area (Å²) in [5.41, 5.74) is 4.03. The second kappa shape index (κ2) is 10.8. The highest BCUT2D eigenvalue weighted by atomic mass is 35.5. The second-order valence-corrected chi connectivity index (χ2v) is 7.96. The van der Waals surface area contributed by atoms with Gasteiger partial charge in [-0.3, -0.25) is 4.79 Å². The maximum atomic E-state index is 12.2. The maximum Gasteiger partial charge on any atom is 0.244 e. The van der Waals surface area contributed by atoms with Gasteiger partial charge in [0.1, 0.15) is 0 Å². The summed E-state index contributed by atoms with van der Waals surface area (Å²) in [5.74, 6) is 1.10. The lowest BCUT2D eigenvalue weighted by Gasteiger charge is -2.09. The lowest BCUT2D eigenvalue weighted by Crippen LogP contribution is -2.20. The second-order valence-electron chi connectivity index (χ2n) is 5.40. The van der Waals surface area contributed by atoms with Gasteiger partial charge >= 0.3 is 0 Å². The zero-order valence-corrected chi connectivity index (χ0v) is 18.0. The van der Waals surface area contributed by atoms with Crippen molar-refractivity contribution in [3.8, 4) is 5.75 Å². The first-order valence-corrected chi connectivity index (χ1v) is 10.4. The highest BCUT2D eigenvalue weighted by molar-refractivity contribution is 7.99. The number of nitrogens with one attached hydrogen (secondary N) is 1. The summed E-state index contributed by atoms with van der Waals surface area (Å²) in [6.07, 6.45) is 1.66. The van der Waals surface area contributed by atoms with E-state index in [1.54, 1.807) is 30.0 Å². The lowest BCUT2D eigenvalue weighted by atomic mass is 10.1. The van der Waals surface area contributed by atoms with Crippen LogP contribution in [-0.4, -0.2) is 24.5 Å². The van der Waals surface area contributed by atoms with E-state index >= 15 is 0 Å². The fourth-order valence-electron chi connectivity index (χ4n) is 2.31. The molecule has 0 radical (unpaired) electrons. The van der Waals surface area contributed by atoms with Gasteiger partial charge in [0.15, 0.2) is 5.75 Å². The molecule has 1 amide bonds. The summed E-state index contributed by atoms with van der Waals surface area (Å²) in [5, 5.41) is 5.34. The first-order chi connectivity index (χ1) is 12.9. The van der Waals surface area contributed by atoms with Crippen LogP contribution in [0.3, 0.4) is 0 Å². The number of nitrogens with zero attached hydrogens (tertiary/aromatic N) is 1. The highest BCUT2D eigenvalue weighted by Gasteiger charge is 2.10. The number of halogens is 3. The fraction of sp³-hybridized carbons (Fsp3) is 0.263. The Labute approximate surface area is 178 Å². The van der Waals surface area contributed by atoms with Gasteiger partial charge in [-0.15, -0.1) is 11.8 Å². The Bertz CT molecular complexity index is 821. The molecule has 0 aliphatic rings. The SMILES string of the molecule is CCOc1c(Cl)cc(/C=N\NC(=O)Cc2cc(Cl)ccc2SCC)cc1Cl. The number of hydrogen-bond donors (Lipinski definition) is 1. The Kier molecular flexibility index (Phi) is 8.77. The monoisotopic (exact) mass is 444 g/mol. The summed E-state index contributed by atoms with van der Waals surface area (Å²) < 4.78 is 5.38. The van der Waals surface area contributed by atoms with Gasteiger partial charge in [-0.2, -0.15) is 5.10 Å². The molecule has 0 atom stereocenters. The van der Waals surface area contributed by atoms with Crippen molar-refractivity contribution >= 4 is 58.7 Å².